The largest absolute Gasteiger partial charge is 0.413 e. The first-order valence-electron chi connectivity index (χ1n) is 1.87. The van der Waals surface area contributed by atoms with Crippen LogP contribution in [0.1, 0.15) is 0 Å². The fraction of sp³-hybridized carbons (Fsp3) is 0. The van der Waals surface area contributed by atoms with Gasteiger partial charge in [-0.2, -0.15) is 16.8 Å². The van der Waals surface area contributed by atoms with Gasteiger partial charge in [0.05, 0.1) is 0 Å². The van der Waals surface area contributed by atoms with E-state index in [1.54, 1.807) is 0 Å². The minimum absolute atomic E-state index is 2.68. The van der Waals surface area contributed by atoms with Gasteiger partial charge in [-0.15, -0.1) is 16.8 Å². The smallest absolute Gasteiger partial charge is 0.263 e. The van der Waals surface area contributed by atoms with Crippen LogP contribution in [-0.2, 0) is 24.4 Å². The predicted molar refractivity (Wildman–Crippen MR) is 35.4 cm³/mol. The fourth-order valence-electron chi connectivity index (χ4n) is 0.109. The molecule has 68 valence electrons. The standard InChI is InChI=1S/C2H4.H2O7S2/c1-2;1-8(2,3)7-9(4,5)6/h1-2H2;(H,1,2,3)(H,4,5,6). The lowest BCUT2D eigenvalue weighted by Crippen LogP contribution is -2.10. The molecule has 0 rings (SSSR count). The van der Waals surface area contributed by atoms with E-state index in [0.29, 0.717) is 0 Å². The van der Waals surface area contributed by atoms with Gasteiger partial charge in [-0.3, -0.25) is 9.11 Å². The topological polar surface area (TPSA) is 118 Å². The molecule has 0 aromatic heterocycles. The van der Waals surface area contributed by atoms with Gasteiger partial charge in [0.1, 0.15) is 0 Å². The maximum absolute atomic E-state index is 9.44. The van der Waals surface area contributed by atoms with Crippen molar-refractivity contribution in [3.8, 4) is 0 Å². The zero-order chi connectivity index (χ0) is 9.71. The van der Waals surface area contributed by atoms with Crippen LogP contribution in [0.5, 0.6) is 0 Å². The number of hydrogen-bond donors (Lipinski definition) is 2. The van der Waals surface area contributed by atoms with Crippen LogP contribution >= 0.6 is 0 Å². The molecule has 0 aromatic carbocycles. The van der Waals surface area contributed by atoms with E-state index in [1.165, 1.54) is 0 Å². The molecule has 7 nitrogen and oxygen atoms in total. The normalized spacial score (nSPS) is 11.5. The quantitative estimate of drug-likeness (QED) is 0.458. The van der Waals surface area contributed by atoms with Crippen LogP contribution in [0.2, 0.25) is 0 Å². The summed E-state index contributed by atoms with van der Waals surface area (Å²) in [6, 6.07) is 0. The zero-order valence-electron chi connectivity index (χ0n) is 5.17. The van der Waals surface area contributed by atoms with Crippen molar-refractivity contribution in [1.82, 2.24) is 0 Å². The Morgan fingerprint density at radius 1 is 0.909 bits per heavy atom. The summed E-state index contributed by atoms with van der Waals surface area (Å²) in [5.41, 5.74) is 0. The lowest BCUT2D eigenvalue weighted by atomic mass is 11.3. The van der Waals surface area contributed by atoms with Gasteiger partial charge in [-0.05, 0) is 0 Å². The Morgan fingerprint density at radius 2 is 1.09 bits per heavy atom. The van der Waals surface area contributed by atoms with Gasteiger partial charge in [0.15, 0.2) is 0 Å². The molecule has 0 atom stereocenters. The summed E-state index contributed by atoms with van der Waals surface area (Å²) in [4.78, 5) is 0. The average Bonchev–Trinajstić information content (AvgIpc) is 1.60. The highest BCUT2D eigenvalue weighted by molar-refractivity contribution is 7.94. The Kier molecular flexibility index (Phi) is 5.26. The van der Waals surface area contributed by atoms with Gasteiger partial charge >= 0.3 is 20.8 Å². The highest BCUT2D eigenvalue weighted by Gasteiger charge is 2.15. The summed E-state index contributed by atoms with van der Waals surface area (Å²) >= 11 is 0. The molecule has 11 heavy (non-hydrogen) atoms. The van der Waals surface area contributed by atoms with Crippen LogP contribution < -0.4 is 0 Å². The summed E-state index contributed by atoms with van der Waals surface area (Å²) in [5, 5.41) is 0. The first kappa shape index (κ1) is 13.1. The van der Waals surface area contributed by atoms with Gasteiger partial charge in [0.2, 0.25) is 0 Å². The molecule has 0 radical (unpaired) electrons. The Hall–Kier alpha value is -0.480. The fourth-order valence-corrected chi connectivity index (χ4v) is 0.978. The summed E-state index contributed by atoms with van der Waals surface area (Å²) in [7, 11) is -10.2. The molecule has 0 aliphatic rings. The van der Waals surface area contributed by atoms with Crippen molar-refractivity contribution in [2.75, 3.05) is 0 Å². The van der Waals surface area contributed by atoms with Crippen molar-refractivity contribution in [2.24, 2.45) is 0 Å². The molecule has 0 aliphatic carbocycles. The van der Waals surface area contributed by atoms with E-state index in [0.717, 1.165) is 0 Å². The molecule has 2 N–H and O–H groups in total. The molecule has 0 amide bonds. The molecule has 0 spiro atoms. The van der Waals surface area contributed by atoms with Crippen LogP contribution in [0.4, 0.5) is 0 Å². The maximum Gasteiger partial charge on any atom is 0.413 e. The third kappa shape index (κ3) is 17.7. The second kappa shape index (κ2) is 4.41. The minimum atomic E-state index is -5.12. The number of rotatable bonds is 2. The van der Waals surface area contributed by atoms with Gasteiger partial charge in [-0.1, -0.05) is 0 Å². The van der Waals surface area contributed by atoms with Crippen LogP contribution in [0.15, 0.2) is 13.2 Å². The predicted octanol–water partition coefficient (Wildman–Crippen LogP) is -0.589. The molecule has 0 aliphatic heterocycles. The first-order chi connectivity index (χ1) is 4.71. The minimum Gasteiger partial charge on any atom is -0.263 e. The van der Waals surface area contributed by atoms with Gasteiger partial charge in [0, 0.05) is 0 Å². The Labute approximate surface area is 64.2 Å². The summed E-state index contributed by atoms with van der Waals surface area (Å²) in [5.74, 6) is 0. The highest BCUT2D eigenvalue weighted by atomic mass is 32.3. The number of hydrogen-bond acceptors (Lipinski definition) is 5. The van der Waals surface area contributed by atoms with Crippen molar-refractivity contribution in [1.29, 1.82) is 0 Å². The molecule has 0 saturated carbocycles. The summed E-state index contributed by atoms with van der Waals surface area (Å²) in [6.07, 6.45) is 0. The van der Waals surface area contributed by atoms with E-state index in [1.807, 2.05) is 0 Å². The van der Waals surface area contributed by atoms with E-state index < -0.39 is 20.8 Å². The van der Waals surface area contributed by atoms with Crippen molar-refractivity contribution >= 4 is 20.8 Å². The third-order valence-electron chi connectivity index (χ3n) is 0.172. The molecule has 0 aromatic rings. The van der Waals surface area contributed by atoms with Crippen molar-refractivity contribution < 1.29 is 29.6 Å². The van der Waals surface area contributed by atoms with E-state index >= 15 is 0 Å². The Bertz CT molecular complexity index is 252. The third-order valence-corrected chi connectivity index (χ3v) is 1.55. The monoisotopic (exact) mass is 206 g/mol. The molecule has 9 heteroatoms. The second-order valence-corrected chi connectivity index (χ2v) is 3.18. The molecular formula is C2H6O7S2. The average molecular weight is 206 g/mol. The summed E-state index contributed by atoms with van der Waals surface area (Å²) < 4.78 is 55.6. The lowest BCUT2D eigenvalue weighted by molar-refractivity contribution is 0.344. The maximum atomic E-state index is 9.44. The SMILES string of the molecule is C=C.O=S(=O)(O)OS(=O)(=O)O. The van der Waals surface area contributed by atoms with Crippen LogP contribution in [-0.4, -0.2) is 25.9 Å². The molecular weight excluding hydrogens is 200 g/mol. The van der Waals surface area contributed by atoms with Gasteiger partial charge in [-0.25, -0.2) is 0 Å². The van der Waals surface area contributed by atoms with Crippen molar-refractivity contribution in [2.45, 2.75) is 0 Å². The molecule has 0 fully saturated rings. The Balaban J connectivity index is 0. The van der Waals surface area contributed by atoms with Crippen LogP contribution in [0.25, 0.3) is 0 Å². The van der Waals surface area contributed by atoms with Crippen LogP contribution in [0.3, 0.4) is 0 Å². The van der Waals surface area contributed by atoms with E-state index in [9.17, 15) is 16.8 Å². The van der Waals surface area contributed by atoms with Gasteiger partial charge < -0.3 is 0 Å². The van der Waals surface area contributed by atoms with Crippen LogP contribution in [0, 0.1) is 0 Å². The summed E-state index contributed by atoms with van der Waals surface area (Å²) in [6.45, 7) is 6.00. The van der Waals surface area contributed by atoms with Crippen molar-refractivity contribution in [3.63, 3.8) is 0 Å². The zero-order valence-corrected chi connectivity index (χ0v) is 6.80. The van der Waals surface area contributed by atoms with E-state index in [4.69, 9.17) is 9.11 Å². The molecule has 0 heterocycles. The molecule has 0 saturated heterocycles. The highest BCUT2D eigenvalue weighted by Crippen LogP contribution is 1.91. The van der Waals surface area contributed by atoms with E-state index in [-0.39, 0.29) is 0 Å². The Morgan fingerprint density at radius 3 is 1.09 bits per heavy atom. The first-order valence-corrected chi connectivity index (χ1v) is 4.60. The molecule has 0 unspecified atom stereocenters. The molecule has 0 bridgehead atoms. The second-order valence-electron chi connectivity index (χ2n) is 0.924. The van der Waals surface area contributed by atoms with Crippen molar-refractivity contribution in [3.05, 3.63) is 13.2 Å². The lowest BCUT2D eigenvalue weighted by Gasteiger charge is -1.89. The van der Waals surface area contributed by atoms with Gasteiger partial charge in [0.25, 0.3) is 0 Å². The van der Waals surface area contributed by atoms with E-state index in [2.05, 4.69) is 16.8 Å².